The summed E-state index contributed by atoms with van der Waals surface area (Å²) in [4.78, 5) is 14.2. The Balaban J connectivity index is 2.05. The fourth-order valence-electron chi connectivity index (χ4n) is 1.47. The maximum absolute atomic E-state index is 12.4. The number of aliphatic imine (C=N–C) groups is 2. The number of hydrogen-bond donors (Lipinski definition) is 0. The van der Waals surface area contributed by atoms with Crippen molar-refractivity contribution in [2.75, 3.05) is 12.9 Å². The number of amidine groups is 2. The molecule has 0 atom stereocenters. The van der Waals surface area contributed by atoms with Crippen molar-refractivity contribution in [3.63, 3.8) is 0 Å². The van der Waals surface area contributed by atoms with Gasteiger partial charge < -0.3 is 4.90 Å². The summed E-state index contributed by atoms with van der Waals surface area (Å²) >= 11 is 2.10. The Morgan fingerprint density at radius 1 is 1.47 bits per heavy atom. The van der Waals surface area contributed by atoms with Gasteiger partial charge in [0.05, 0.1) is 6.54 Å². The lowest BCUT2D eigenvalue weighted by Crippen LogP contribution is -2.32. The second kappa shape index (κ2) is 5.49. The lowest BCUT2D eigenvalue weighted by molar-refractivity contribution is -0.137. The number of rotatable bonds is 2. The van der Waals surface area contributed by atoms with Crippen LogP contribution in [0.3, 0.4) is 0 Å². The minimum Gasteiger partial charge on any atom is -0.335 e. The molecule has 104 valence electrons. The quantitative estimate of drug-likeness (QED) is 0.843. The predicted molar refractivity (Wildman–Crippen MR) is 71.6 cm³/mol. The van der Waals surface area contributed by atoms with Gasteiger partial charge in [-0.2, -0.15) is 13.2 Å². The van der Waals surface area contributed by atoms with Crippen molar-refractivity contribution in [2.45, 2.75) is 19.6 Å². The maximum Gasteiger partial charge on any atom is 0.443 e. The Labute approximate surface area is 116 Å². The van der Waals surface area contributed by atoms with Gasteiger partial charge in [-0.25, -0.2) is 15.0 Å². The summed E-state index contributed by atoms with van der Waals surface area (Å²) in [5.41, 5.74) is 0. The Bertz CT molecular complexity index is 521. The smallest absolute Gasteiger partial charge is 0.335 e. The van der Waals surface area contributed by atoms with Crippen LogP contribution in [-0.2, 0) is 12.7 Å². The normalized spacial score (nSPS) is 16.4. The van der Waals surface area contributed by atoms with Crippen LogP contribution >= 0.6 is 23.1 Å². The summed E-state index contributed by atoms with van der Waals surface area (Å²) < 4.78 is 37.3. The third-order valence-electron chi connectivity index (χ3n) is 2.42. The number of hydrogen-bond acceptors (Lipinski definition) is 6. The van der Waals surface area contributed by atoms with E-state index in [0.717, 1.165) is 5.84 Å². The molecule has 4 nitrogen and oxygen atoms in total. The van der Waals surface area contributed by atoms with Gasteiger partial charge in [-0.15, -0.1) is 11.3 Å². The number of alkyl halides is 3. The third kappa shape index (κ3) is 3.47. The predicted octanol–water partition coefficient (Wildman–Crippen LogP) is 3.07. The van der Waals surface area contributed by atoms with E-state index in [0.29, 0.717) is 34.6 Å². The first-order valence-corrected chi connectivity index (χ1v) is 7.35. The van der Waals surface area contributed by atoms with Crippen LogP contribution in [0.1, 0.15) is 16.8 Å². The van der Waals surface area contributed by atoms with E-state index in [2.05, 4.69) is 15.0 Å². The molecule has 0 saturated carbocycles. The fraction of sp³-hybridized carbons (Fsp3) is 0.500. The van der Waals surface area contributed by atoms with E-state index in [4.69, 9.17) is 0 Å². The fourth-order valence-corrected chi connectivity index (χ4v) is 2.67. The van der Waals surface area contributed by atoms with Crippen molar-refractivity contribution in [3.8, 4) is 0 Å². The largest absolute Gasteiger partial charge is 0.443 e. The van der Waals surface area contributed by atoms with Crippen molar-refractivity contribution in [1.82, 2.24) is 9.88 Å². The molecule has 0 unspecified atom stereocenters. The zero-order chi connectivity index (χ0) is 14.0. The highest BCUT2D eigenvalue weighted by Crippen LogP contribution is 2.32. The molecule has 0 saturated heterocycles. The van der Waals surface area contributed by atoms with Gasteiger partial charge in [0.15, 0.2) is 10.2 Å². The summed E-state index contributed by atoms with van der Waals surface area (Å²) in [5.74, 6) is 0.751. The molecule has 2 heterocycles. The first-order valence-electron chi connectivity index (χ1n) is 5.30. The van der Waals surface area contributed by atoms with Gasteiger partial charge in [0.25, 0.3) is 0 Å². The molecule has 1 aromatic rings. The number of nitrogens with zero attached hydrogens (tertiary/aromatic N) is 4. The molecule has 0 aliphatic carbocycles. The summed E-state index contributed by atoms with van der Waals surface area (Å²) in [6.07, 6.45) is -1.24. The van der Waals surface area contributed by atoms with Crippen LogP contribution < -0.4 is 0 Å². The number of aromatic nitrogens is 1. The van der Waals surface area contributed by atoms with Crippen LogP contribution in [0, 0.1) is 0 Å². The molecule has 1 aliphatic heterocycles. The van der Waals surface area contributed by atoms with Crippen molar-refractivity contribution in [2.24, 2.45) is 9.98 Å². The molecule has 0 N–H and O–H groups in total. The zero-order valence-corrected chi connectivity index (χ0v) is 11.9. The highest BCUT2D eigenvalue weighted by atomic mass is 32.2. The summed E-state index contributed by atoms with van der Waals surface area (Å²) in [6, 6.07) is 0. The molecule has 0 bridgehead atoms. The minimum atomic E-state index is -4.38. The van der Waals surface area contributed by atoms with Crippen molar-refractivity contribution in [1.29, 1.82) is 0 Å². The lowest BCUT2D eigenvalue weighted by atomic mass is 10.4. The lowest BCUT2D eigenvalue weighted by Gasteiger charge is -2.24. The van der Waals surface area contributed by atoms with E-state index in [9.17, 15) is 13.2 Å². The van der Waals surface area contributed by atoms with Crippen LogP contribution in [0.25, 0.3) is 0 Å². The van der Waals surface area contributed by atoms with Gasteiger partial charge in [0.1, 0.15) is 12.5 Å². The molecule has 1 aromatic heterocycles. The summed E-state index contributed by atoms with van der Waals surface area (Å²) in [7, 11) is 0. The SMILES string of the molecule is CSC1=NCN(Cc2cnc(C(F)(F)F)s2)C(C)=N1. The first kappa shape index (κ1) is 14.3. The van der Waals surface area contributed by atoms with Crippen LogP contribution in [0.15, 0.2) is 16.2 Å². The molecule has 0 spiro atoms. The van der Waals surface area contributed by atoms with Gasteiger partial charge >= 0.3 is 6.18 Å². The van der Waals surface area contributed by atoms with Gasteiger partial charge in [-0.05, 0) is 13.2 Å². The maximum atomic E-state index is 12.4. The molecular formula is C10H11F3N4S2. The van der Waals surface area contributed by atoms with Crippen molar-refractivity contribution in [3.05, 3.63) is 16.1 Å². The Kier molecular flexibility index (Phi) is 4.14. The average Bonchev–Trinajstić information content (AvgIpc) is 2.80. The Hall–Kier alpha value is -1.09. The van der Waals surface area contributed by atoms with Crippen LogP contribution in [0.5, 0.6) is 0 Å². The monoisotopic (exact) mass is 308 g/mol. The standard InChI is InChI=1S/C10H11F3N4S2/c1-6-16-9(18-2)15-5-17(6)4-7-3-14-8(19-7)10(11,12)13/h3H,4-5H2,1-2H3. The number of thiazole rings is 1. The van der Waals surface area contributed by atoms with E-state index < -0.39 is 11.2 Å². The molecular weight excluding hydrogens is 297 g/mol. The molecule has 0 amide bonds. The van der Waals surface area contributed by atoms with Gasteiger partial charge in [-0.1, -0.05) is 11.8 Å². The highest BCUT2D eigenvalue weighted by molar-refractivity contribution is 8.13. The molecule has 1 aliphatic rings. The van der Waals surface area contributed by atoms with Crippen LogP contribution in [0.2, 0.25) is 0 Å². The number of halogens is 3. The first-order chi connectivity index (χ1) is 8.90. The highest BCUT2D eigenvalue weighted by Gasteiger charge is 2.34. The molecule has 19 heavy (non-hydrogen) atoms. The van der Waals surface area contributed by atoms with Gasteiger partial charge in [0, 0.05) is 11.1 Å². The molecule has 0 radical (unpaired) electrons. The van der Waals surface area contributed by atoms with Crippen LogP contribution in [-0.4, -0.2) is 33.8 Å². The summed E-state index contributed by atoms with van der Waals surface area (Å²) in [6.45, 7) is 2.57. The zero-order valence-electron chi connectivity index (χ0n) is 10.2. The number of thioether (sulfide) groups is 1. The van der Waals surface area contributed by atoms with E-state index in [-0.39, 0.29) is 0 Å². The topological polar surface area (TPSA) is 40.9 Å². The van der Waals surface area contributed by atoms with Gasteiger partial charge in [0.2, 0.25) is 0 Å². The van der Waals surface area contributed by atoms with Gasteiger partial charge in [-0.3, -0.25) is 0 Å². The van der Waals surface area contributed by atoms with Crippen molar-refractivity contribution < 1.29 is 13.2 Å². The Morgan fingerprint density at radius 2 is 2.21 bits per heavy atom. The molecule has 2 rings (SSSR count). The van der Waals surface area contributed by atoms with E-state index in [1.54, 1.807) is 0 Å². The summed E-state index contributed by atoms with van der Waals surface area (Å²) in [5, 5.41) is -0.128. The van der Waals surface area contributed by atoms with Crippen molar-refractivity contribution >= 4 is 34.1 Å². The molecule has 9 heteroatoms. The van der Waals surface area contributed by atoms with Crippen LogP contribution in [0.4, 0.5) is 13.2 Å². The molecule has 0 aromatic carbocycles. The molecule has 0 fully saturated rings. The van der Waals surface area contributed by atoms with E-state index in [1.807, 2.05) is 18.1 Å². The second-order valence-electron chi connectivity index (χ2n) is 3.77. The minimum absolute atomic E-state index is 0.342. The average molecular weight is 308 g/mol. The van der Waals surface area contributed by atoms with E-state index >= 15 is 0 Å². The third-order valence-corrected chi connectivity index (χ3v) is 4.03. The van der Waals surface area contributed by atoms with E-state index in [1.165, 1.54) is 18.0 Å². The Morgan fingerprint density at radius 3 is 2.74 bits per heavy atom. The second-order valence-corrected chi connectivity index (χ2v) is 5.66.